The molecule has 1 aromatic carbocycles. The molecule has 0 aliphatic heterocycles. The molecule has 2 heteroatoms. The van der Waals surface area contributed by atoms with Gasteiger partial charge in [0.25, 0.3) is 0 Å². The Bertz CT molecular complexity index is 469. The summed E-state index contributed by atoms with van der Waals surface area (Å²) in [7, 11) is 0. The lowest BCUT2D eigenvalue weighted by Crippen LogP contribution is -2.06. The standard InChI is InChI=1S/C13H18N2/c1-10-4-5-13-12(8-10)9-11(2)15(13)7-3-6-14/h4-5,8-9H,3,6-7,14H2,1-2H3. The fourth-order valence-electron chi connectivity index (χ4n) is 2.07. The third-order valence-corrected chi connectivity index (χ3v) is 2.85. The molecule has 0 aliphatic carbocycles. The highest BCUT2D eigenvalue weighted by Crippen LogP contribution is 2.20. The number of rotatable bonds is 3. The van der Waals surface area contributed by atoms with Crippen molar-refractivity contribution in [3.8, 4) is 0 Å². The van der Waals surface area contributed by atoms with Crippen LogP contribution in [-0.2, 0) is 6.54 Å². The van der Waals surface area contributed by atoms with Gasteiger partial charge in [-0.25, -0.2) is 0 Å². The fraction of sp³-hybridized carbons (Fsp3) is 0.385. The summed E-state index contributed by atoms with van der Waals surface area (Å²) < 4.78 is 2.35. The molecule has 0 radical (unpaired) electrons. The molecule has 2 aromatic rings. The molecular weight excluding hydrogens is 184 g/mol. The van der Waals surface area contributed by atoms with E-state index in [1.807, 2.05) is 0 Å². The molecule has 0 fully saturated rings. The topological polar surface area (TPSA) is 30.9 Å². The number of aryl methyl sites for hydroxylation is 3. The number of benzene rings is 1. The van der Waals surface area contributed by atoms with Crippen LogP contribution in [0.5, 0.6) is 0 Å². The predicted octanol–water partition coefficient (Wildman–Crippen LogP) is 2.61. The van der Waals surface area contributed by atoms with E-state index in [1.54, 1.807) is 0 Å². The van der Waals surface area contributed by atoms with Crippen molar-refractivity contribution in [1.29, 1.82) is 0 Å². The normalized spacial score (nSPS) is 11.1. The van der Waals surface area contributed by atoms with Crippen molar-refractivity contribution < 1.29 is 0 Å². The predicted molar refractivity (Wildman–Crippen MR) is 65.1 cm³/mol. The van der Waals surface area contributed by atoms with Crippen molar-refractivity contribution in [1.82, 2.24) is 4.57 Å². The van der Waals surface area contributed by atoms with E-state index < -0.39 is 0 Å². The van der Waals surface area contributed by atoms with Gasteiger partial charge in [0, 0.05) is 23.1 Å². The highest BCUT2D eigenvalue weighted by Gasteiger charge is 2.04. The zero-order valence-electron chi connectivity index (χ0n) is 9.46. The number of aromatic nitrogens is 1. The van der Waals surface area contributed by atoms with Crippen LogP contribution in [0.3, 0.4) is 0 Å². The number of nitrogens with two attached hydrogens (primary N) is 1. The first kappa shape index (κ1) is 10.2. The summed E-state index contributed by atoms with van der Waals surface area (Å²) in [5.74, 6) is 0. The summed E-state index contributed by atoms with van der Waals surface area (Å²) in [5.41, 5.74) is 9.52. The highest BCUT2D eigenvalue weighted by molar-refractivity contribution is 5.82. The zero-order valence-corrected chi connectivity index (χ0v) is 9.46. The Morgan fingerprint density at radius 2 is 2.00 bits per heavy atom. The molecule has 1 heterocycles. The third kappa shape index (κ3) is 1.90. The number of hydrogen-bond donors (Lipinski definition) is 1. The minimum absolute atomic E-state index is 0.755. The van der Waals surface area contributed by atoms with E-state index in [9.17, 15) is 0 Å². The molecule has 0 amide bonds. The van der Waals surface area contributed by atoms with Gasteiger partial charge >= 0.3 is 0 Å². The van der Waals surface area contributed by atoms with Gasteiger partial charge in [-0.2, -0.15) is 0 Å². The van der Waals surface area contributed by atoms with Crippen LogP contribution in [0.2, 0.25) is 0 Å². The van der Waals surface area contributed by atoms with Crippen molar-refractivity contribution in [3.63, 3.8) is 0 Å². The van der Waals surface area contributed by atoms with Crippen molar-refractivity contribution in [2.75, 3.05) is 6.54 Å². The molecule has 0 saturated heterocycles. The van der Waals surface area contributed by atoms with E-state index in [4.69, 9.17) is 5.73 Å². The average molecular weight is 202 g/mol. The lowest BCUT2D eigenvalue weighted by Gasteiger charge is -2.06. The first-order valence-electron chi connectivity index (χ1n) is 5.49. The first-order chi connectivity index (χ1) is 7.22. The SMILES string of the molecule is Cc1ccc2c(c1)cc(C)n2CCCN. The minimum atomic E-state index is 0.755. The lowest BCUT2D eigenvalue weighted by atomic mass is 10.2. The first-order valence-corrected chi connectivity index (χ1v) is 5.49. The lowest BCUT2D eigenvalue weighted by molar-refractivity contribution is 0.656. The van der Waals surface area contributed by atoms with E-state index in [0.29, 0.717) is 0 Å². The highest BCUT2D eigenvalue weighted by atomic mass is 15.0. The third-order valence-electron chi connectivity index (χ3n) is 2.85. The summed E-state index contributed by atoms with van der Waals surface area (Å²) >= 11 is 0. The van der Waals surface area contributed by atoms with Gasteiger partial charge in [-0.3, -0.25) is 0 Å². The summed E-state index contributed by atoms with van der Waals surface area (Å²) in [5, 5.41) is 1.34. The van der Waals surface area contributed by atoms with Gasteiger partial charge in [0.2, 0.25) is 0 Å². The molecule has 0 spiro atoms. The Hall–Kier alpha value is -1.28. The second-order valence-corrected chi connectivity index (χ2v) is 4.14. The molecule has 2 nitrogen and oxygen atoms in total. The summed E-state index contributed by atoms with van der Waals surface area (Å²) in [6.45, 7) is 6.07. The van der Waals surface area contributed by atoms with Gasteiger partial charge in [0.15, 0.2) is 0 Å². The van der Waals surface area contributed by atoms with Crippen molar-refractivity contribution in [3.05, 3.63) is 35.5 Å². The van der Waals surface area contributed by atoms with Crippen LogP contribution in [0.15, 0.2) is 24.3 Å². The quantitative estimate of drug-likeness (QED) is 0.815. The van der Waals surface area contributed by atoms with Gasteiger partial charge in [-0.1, -0.05) is 11.6 Å². The summed E-state index contributed by atoms with van der Waals surface area (Å²) in [4.78, 5) is 0. The molecule has 80 valence electrons. The maximum absolute atomic E-state index is 5.55. The maximum Gasteiger partial charge on any atom is 0.0482 e. The van der Waals surface area contributed by atoms with Gasteiger partial charge in [-0.05, 0) is 45.0 Å². The van der Waals surface area contributed by atoms with Gasteiger partial charge in [0.05, 0.1) is 0 Å². The molecular formula is C13H18N2. The maximum atomic E-state index is 5.55. The monoisotopic (exact) mass is 202 g/mol. The van der Waals surface area contributed by atoms with Crippen LogP contribution in [0.1, 0.15) is 17.7 Å². The molecule has 2 N–H and O–H groups in total. The Morgan fingerprint density at radius 1 is 1.20 bits per heavy atom. The van der Waals surface area contributed by atoms with E-state index >= 15 is 0 Å². The van der Waals surface area contributed by atoms with Crippen molar-refractivity contribution in [2.24, 2.45) is 5.73 Å². The number of nitrogens with zero attached hydrogens (tertiary/aromatic N) is 1. The summed E-state index contributed by atoms with van der Waals surface area (Å²) in [6.07, 6.45) is 1.04. The van der Waals surface area contributed by atoms with E-state index in [-0.39, 0.29) is 0 Å². The smallest absolute Gasteiger partial charge is 0.0482 e. The van der Waals surface area contributed by atoms with Crippen LogP contribution in [-0.4, -0.2) is 11.1 Å². The molecule has 15 heavy (non-hydrogen) atoms. The molecule has 2 rings (SSSR count). The van der Waals surface area contributed by atoms with Gasteiger partial charge in [-0.15, -0.1) is 0 Å². The number of fused-ring (bicyclic) bond motifs is 1. The zero-order chi connectivity index (χ0) is 10.8. The average Bonchev–Trinajstić information content (AvgIpc) is 2.50. The fourth-order valence-corrected chi connectivity index (χ4v) is 2.07. The van der Waals surface area contributed by atoms with Gasteiger partial charge < -0.3 is 10.3 Å². The Labute approximate surface area is 90.7 Å². The van der Waals surface area contributed by atoms with Crippen LogP contribution in [0.4, 0.5) is 0 Å². The Morgan fingerprint density at radius 3 is 2.73 bits per heavy atom. The molecule has 0 unspecified atom stereocenters. The largest absolute Gasteiger partial charge is 0.345 e. The minimum Gasteiger partial charge on any atom is -0.345 e. The van der Waals surface area contributed by atoms with Crippen molar-refractivity contribution >= 4 is 10.9 Å². The van der Waals surface area contributed by atoms with E-state index in [1.165, 1.54) is 22.2 Å². The summed E-state index contributed by atoms with van der Waals surface area (Å²) in [6, 6.07) is 8.86. The van der Waals surface area contributed by atoms with E-state index in [0.717, 1.165) is 19.5 Å². The van der Waals surface area contributed by atoms with Gasteiger partial charge in [0.1, 0.15) is 0 Å². The molecule has 1 aromatic heterocycles. The second-order valence-electron chi connectivity index (χ2n) is 4.14. The molecule has 0 bridgehead atoms. The van der Waals surface area contributed by atoms with Crippen LogP contribution >= 0.6 is 0 Å². The van der Waals surface area contributed by atoms with Crippen LogP contribution in [0.25, 0.3) is 10.9 Å². The van der Waals surface area contributed by atoms with Crippen LogP contribution in [0, 0.1) is 13.8 Å². The Kier molecular flexibility index (Phi) is 2.78. The molecule has 0 saturated carbocycles. The molecule has 0 aliphatic rings. The number of hydrogen-bond acceptors (Lipinski definition) is 1. The second kappa shape index (κ2) is 4.07. The van der Waals surface area contributed by atoms with E-state index in [2.05, 4.69) is 42.7 Å². The molecule has 0 atom stereocenters. The Balaban J connectivity index is 2.48. The van der Waals surface area contributed by atoms with Crippen molar-refractivity contribution in [2.45, 2.75) is 26.8 Å². The van der Waals surface area contributed by atoms with Crippen LogP contribution < -0.4 is 5.73 Å².